The predicted octanol–water partition coefficient (Wildman–Crippen LogP) is 1.68. The van der Waals surface area contributed by atoms with Gasteiger partial charge in [0.15, 0.2) is 11.3 Å². The van der Waals surface area contributed by atoms with Crippen LogP contribution in [0.1, 0.15) is 41.5 Å². The lowest BCUT2D eigenvalue weighted by Gasteiger charge is -2.38. The van der Waals surface area contributed by atoms with E-state index < -0.39 is 5.60 Å². The van der Waals surface area contributed by atoms with Crippen molar-refractivity contribution in [2.24, 2.45) is 0 Å². The Morgan fingerprint density at radius 3 is 2.61 bits per heavy atom. The van der Waals surface area contributed by atoms with Gasteiger partial charge in [0.1, 0.15) is 10.6 Å². The zero-order valence-corrected chi connectivity index (χ0v) is 11.4. The van der Waals surface area contributed by atoms with Crippen LogP contribution in [0, 0.1) is 0 Å². The maximum atomic E-state index is 11.7. The first-order valence-corrected chi connectivity index (χ1v) is 6.47. The highest BCUT2D eigenvalue weighted by Crippen LogP contribution is 2.29. The number of carbonyl (C=O) groups excluding carboxylic acids is 2. The first kappa shape index (κ1) is 12.9. The van der Waals surface area contributed by atoms with E-state index in [2.05, 4.69) is 10.2 Å². The van der Waals surface area contributed by atoms with E-state index in [1.807, 2.05) is 20.8 Å². The van der Waals surface area contributed by atoms with Gasteiger partial charge in [-0.2, -0.15) is 0 Å². The minimum absolute atomic E-state index is 0.170. The third kappa shape index (κ3) is 2.84. The lowest BCUT2D eigenvalue weighted by Crippen LogP contribution is -2.50. The van der Waals surface area contributed by atoms with Crippen LogP contribution in [0.5, 0.6) is 0 Å². The van der Waals surface area contributed by atoms with E-state index in [0.717, 1.165) is 5.01 Å². The van der Waals surface area contributed by atoms with Crippen molar-refractivity contribution >= 4 is 23.7 Å². The summed E-state index contributed by atoms with van der Waals surface area (Å²) in [5.41, 5.74) is -0.477. The van der Waals surface area contributed by atoms with Gasteiger partial charge in [-0.25, -0.2) is 4.79 Å². The molecule has 1 aromatic heterocycles. The van der Waals surface area contributed by atoms with Gasteiger partial charge < -0.3 is 9.64 Å². The minimum Gasteiger partial charge on any atom is -0.444 e. The van der Waals surface area contributed by atoms with Crippen LogP contribution in [0.4, 0.5) is 4.79 Å². The fourth-order valence-electron chi connectivity index (χ4n) is 1.57. The Balaban J connectivity index is 1.87. The summed E-state index contributed by atoms with van der Waals surface area (Å²) in [4.78, 5) is 23.8. The SMILES string of the molecule is CC(C)(C)OC(=O)N1CC(c2nnc(C=O)s2)C1. The molecule has 98 valence electrons. The van der Waals surface area contributed by atoms with Crippen LogP contribution < -0.4 is 0 Å². The second kappa shape index (κ2) is 4.64. The van der Waals surface area contributed by atoms with Crippen LogP contribution in [-0.4, -0.2) is 46.2 Å². The smallest absolute Gasteiger partial charge is 0.410 e. The fraction of sp³-hybridized carbons (Fsp3) is 0.636. The van der Waals surface area contributed by atoms with Crippen LogP contribution in [0.2, 0.25) is 0 Å². The molecule has 2 heterocycles. The molecule has 1 aliphatic rings. The van der Waals surface area contributed by atoms with Crippen LogP contribution in [-0.2, 0) is 4.74 Å². The van der Waals surface area contributed by atoms with Crippen molar-refractivity contribution in [3.05, 3.63) is 10.0 Å². The highest BCUT2D eigenvalue weighted by Gasteiger charge is 2.36. The highest BCUT2D eigenvalue weighted by atomic mass is 32.1. The van der Waals surface area contributed by atoms with Crippen LogP contribution in [0.3, 0.4) is 0 Å². The number of hydrogen-bond acceptors (Lipinski definition) is 6. The molecule has 1 fully saturated rings. The molecule has 1 aromatic rings. The van der Waals surface area contributed by atoms with E-state index in [4.69, 9.17) is 4.74 Å². The van der Waals surface area contributed by atoms with Crippen molar-refractivity contribution in [2.45, 2.75) is 32.3 Å². The topological polar surface area (TPSA) is 72.4 Å². The summed E-state index contributed by atoms with van der Waals surface area (Å²) >= 11 is 1.27. The Morgan fingerprint density at radius 1 is 1.44 bits per heavy atom. The van der Waals surface area contributed by atoms with E-state index in [0.29, 0.717) is 24.4 Å². The largest absolute Gasteiger partial charge is 0.444 e. The molecule has 0 N–H and O–H groups in total. The molecule has 1 amide bonds. The maximum Gasteiger partial charge on any atom is 0.410 e. The number of rotatable bonds is 2. The molecule has 1 saturated heterocycles. The first-order chi connectivity index (χ1) is 8.39. The average molecular weight is 269 g/mol. The Kier molecular flexibility index (Phi) is 3.34. The molecule has 6 nitrogen and oxygen atoms in total. The summed E-state index contributed by atoms with van der Waals surface area (Å²) < 4.78 is 5.25. The number of aromatic nitrogens is 2. The van der Waals surface area contributed by atoms with E-state index in [1.54, 1.807) is 4.90 Å². The molecule has 18 heavy (non-hydrogen) atoms. The molecule has 0 saturated carbocycles. The molecule has 0 aromatic carbocycles. The summed E-state index contributed by atoms with van der Waals surface area (Å²) in [7, 11) is 0. The van der Waals surface area contributed by atoms with E-state index >= 15 is 0 Å². The predicted molar refractivity (Wildman–Crippen MR) is 65.8 cm³/mol. The number of hydrogen-bond donors (Lipinski definition) is 0. The Bertz CT molecular complexity index is 460. The molecule has 0 radical (unpaired) electrons. The zero-order chi connectivity index (χ0) is 13.3. The Morgan fingerprint density at radius 2 is 2.11 bits per heavy atom. The van der Waals surface area contributed by atoms with Gasteiger partial charge in [-0.15, -0.1) is 10.2 Å². The van der Waals surface area contributed by atoms with Gasteiger partial charge in [-0.3, -0.25) is 4.79 Å². The molecule has 0 aliphatic carbocycles. The van der Waals surface area contributed by atoms with Gasteiger partial charge in [-0.1, -0.05) is 11.3 Å². The van der Waals surface area contributed by atoms with Gasteiger partial charge in [0.2, 0.25) is 0 Å². The third-order valence-electron chi connectivity index (χ3n) is 2.44. The van der Waals surface area contributed by atoms with Gasteiger partial charge in [-0.05, 0) is 20.8 Å². The van der Waals surface area contributed by atoms with Gasteiger partial charge >= 0.3 is 6.09 Å². The van der Waals surface area contributed by atoms with Crippen LogP contribution >= 0.6 is 11.3 Å². The number of amides is 1. The first-order valence-electron chi connectivity index (χ1n) is 5.65. The van der Waals surface area contributed by atoms with E-state index in [1.165, 1.54) is 11.3 Å². The lowest BCUT2D eigenvalue weighted by atomic mass is 10.0. The quantitative estimate of drug-likeness (QED) is 0.764. The van der Waals surface area contributed by atoms with Crippen molar-refractivity contribution < 1.29 is 14.3 Å². The summed E-state index contributed by atoms with van der Waals surface area (Å²) in [5, 5.41) is 8.85. The van der Waals surface area contributed by atoms with Crippen molar-refractivity contribution in [3.63, 3.8) is 0 Å². The van der Waals surface area contributed by atoms with Gasteiger partial charge in [0, 0.05) is 19.0 Å². The highest BCUT2D eigenvalue weighted by molar-refractivity contribution is 7.12. The van der Waals surface area contributed by atoms with Crippen LogP contribution in [0.15, 0.2) is 0 Å². The van der Waals surface area contributed by atoms with E-state index in [9.17, 15) is 9.59 Å². The number of aldehydes is 1. The number of ether oxygens (including phenoxy) is 1. The molecule has 7 heteroatoms. The molecular weight excluding hydrogens is 254 g/mol. The van der Waals surface area contributed by atoms with Crippen molar-refractivity contribution in [1.82, 2.24) is 15.1 Å². The lowest BCUT2D eigenvalue weighted by molar-refractivity contribution is 0.00813. The fourth-order valence-corrected chi connectivity index (χ4v) is 2.31. The number of likely N-dealkylation sites (tertiary alicyclic amines) is 1. The number of carbonyl (C=O) groups is 2. The van der Waals surface area contributed by atoms with Crippen LogP contribution in [0.25, 0.3) is 0 Å². The molecule has 0 spiro atoms. The zero-order valence-electron chi connectivity index (χ0n) is 10.5. The summed E-state index contributed by atoms with van der Waals surface area (Å²) in [6.45, 7) is 6.65. The molecule has 0 atom stereocenters. The second-order valence-electron chi connectivity index (χ2n) is 5.18. The standard InChI is InChI=1S/C11H15N3O3S/c1-11(2,3)17-10(16)14-4-7(5-14)9-13-12-8(6-15)18-9/h6-7H,4-5H2,1-3H3. The molecule has 0 bridgehead atoms. The van der Waals surface area contributed by atoms with Gasteiger partial charge in [0.25, 0.3) is 0 Å². The third-order valence-corrected chi connectivity index (χ3v) is 3.45. The summed E-state index contributed by atoms with van der Waals surface area (Å²) in [5.74, 6) is 0.170. The van der Waals surface area contributed by atoms with Crippen molar-refractivity contribution in [2.75, 3.05) is 13.1 Å². The second-order valence-corrected chi connectivity index (χ2v) is 6.22. The summed E-state index contributed by atoms with van der Waals surface area (Å²) in [6.07, 6.45) is 0.379. The monoisotopic (exact) mass is 269 g/mol. The normalized spacial score (nSPS) is 16.3. The van der Waals surface area contributed by atoms with Crippen molar-refractivity contribution in [1.29, 1.82) is 0 Å². The Hall–Kier alpha value is -1.50. The minimum atomic E-state index is -0.477. The summed E-state index contributed by atoms with van der Waals surface area (Å²) in [6, 6.07) is 0. The Labute approximate surface area is 109 Å². The molecular formula is C11H15N3O3S. The molecule has 0 unspecified atom stereocenters. The number of nitrogens with zero attached hydrogens (tertiary/aromatic N) is 3. The van der Waals surface area contributed by atoms with Gasteiger partial charge in [0.05, 0.1) is 0 Å². The average Bonchev–Trinajstić information content (AvgIpc) is 2.60. The molecule has 2 rings (SSSR count). The maximum absolute atomic E-state index is 11.7. The van der Waals surface area contributed by atoms with E-state index in [-0.39, 0.29) is 12.0 Å². The molecule has 1 aliphatic heterocycles. The van der Waals surface area contributed by atoms with Crippen molar-refractivity contribution in [3.8, 4) is 0 Å².